The van der Waals surface area contributed by atoms with Gasteiger partial charge in [0.15, 0.2) is 6.61 Å². The van der Waals surface area contributed by atoms with Crippen LogP contribution in [0.5, 0.6) is 5.75 Å². The van der Waals surface area contributed by atoms with Gasteiger partial charge in [0.1, 0.15) is 11.8 Å². The Balaban J connectivity index is 1.53. The van der Waals surface area contributed by atoms with Gasteiger partial charge in [0, 0.05) is 19.3 Å². The van der Waals surface area contributed by atoms with E-state index in [1.807, 2.05) is 24.3 Å². The topological polar surface area (TPSA) is 103 Å². The molecule has 2 unspecified atom stereocenters. The second kappa shape index (κ2) is 10.3. The molecule has 1 aliphatic heterocycles. The van der Waals surface area contributed by atoms with Crippen LogP contribution >= 0.6 is 0 Å². The number of hydrogen-bond acceptors (Lipinski definition) is 5. The molecule has 2 atom stereocenters. The lowest BCUT2D eigenvalue weighted by molar-refractivity contribution is -0.140. The zero-order chi connectivity index (χ0) is 22.2. The van der Waals surface area contributed by atoms with Crippen LogP contribution < -0.4 is 10.1 Å². The van der Waals surface area contributed by atoms with Crippen LogP contribution in [0, 0.1) is 17.2 Å². The molecular weight excluding hydrogens is 396 g/mol. The van der Waals surface area contributed by atoms with Crippen molar-refractivity contribution in [1.82, 2.24) is 9.80 Å². The number of carbonyl (C=O) groups excluding carboxylic acids is 3. The molecule has 31 heavy (non-hydrogen) atoms. The average molecular weight is 420 g/mol. The summed E-state index contributed by atoms with van der Waals surface area (Å²) in [6.45, 7) is -0.252. The highest BCUT2D eigenvalue weighted by Gasteiger charge is 2.39. The van der Waals surface area contributed by atoms with E-state index < -0.39 is 12.0 Å². The minimum Gasteiger partial charge on any atom is -0.484 e. The first-order valence-electron chi connectivity index (χ1n) is 9.94. The lowest BCUT2D eigenvalue weighted by Crippen LogP contribution is -2.44. The van der Waals surface area contributed by atoms with E-state index in [1.54, 1.807) is 36.4 Å². The van der Waals surface area contributed by atoms with Crippen molar-refractivity contribution >= 4 is 23.4 Å². The first kappa shape index (κ1) is 21.8. The summed E-state index contributed by atoms with van der Waals surface area (Å²) in [6.07, 6.45) is 0.260. The maximum atomic E-state index is 12.7. The third-order valence-corrected chi connectivity index (χ3v) is 5.09. The van der Waals surface area contributed by atoms with Crippen LogP contribution in [-0.2, 0) is 14.4 Å². The Hall–Kier alpha value is -3.86. The van der Waals surface area contributed by atoms with Gasteiger partial charge in [0.05, 0.1) is 18.5 Å². The van der Waals surface area contributed by atoms with Gasteiger partial charge in [-0.1, -0.05) is 36.4 Å². The van der Waals surface area contributed by atoms with Gasteiger partial charge >= 0.3 is 0 Å². The molecule has 1 saturated heterocycles. The quantitative estimate of drug-likeness (QED) is 0.737. The predicted molar refractivity (Wildman–Crippen MR) is 114 cm³/mol. The Kier molecular flexibility index (Phi) is 7.22. The van der Waals surface area contributed by atoms with Crippen LogP contribution in [-0.4, -0.2) is 60.3 Å². The molecule has 8 nitrogen and oxygen atoms in total. The summed E-state index contributed by atoms with van der Waals surface area (Å²) in [5.41, 5.74) is 0.662. The van der Waals surface area contributed by atoms with Crippen molar-refractivity contribution in [3.63, 3.8) is 0 Å². The van der Waals surface area contributed by atoms with Crippen molar-refractivity contribution < 1.29 is 19.1 Å². The minimum atomic E-state index is -0.705. The van der Waals surface area contributed by atoms with Gasteiger partial charge in [0.2, 0.25) is 11.8 Å². The molecule has 0 bridgehead atoms. The van der Waals surface area contributed by atoms with Gasteiger partial charge in [-0.25, -0.2) is 0 Å². The average Bonchev–Trinajstić information content (AvgIpc) is 3.23. The highest BCUT2D eigenvalue weighted by Crippen LogP contribution is 2.24. The van der Waals surface area contributed by atoms with Crippen molar-refractivity contribution in [2.75, 3.05) is 32.1 Å². The Bertz CT molecular complexity index is 959. The molecule has 2 aromatic carbocycles. The molecule has 0 spiro atoms. The van der Waals surface area contributed by atoms with Crippen LogP contribution in [0.2, 0.25) is 0 Å². The van der Waals surface area contributed by atoms with E-state index in [0.717, 1.165) is 0 Å². The number of para-hydroxylation sites is 2. The summed E-state index contributed by atoms with van der Waals surface area (Å²) < 4.78 is 5.42. The number of ether oxygens (including phenoxy) is 1. The molecule has 1 N–H and O–H groups in total. The fraction of sp³-hybridized carbons (Fsp3) is 0.304. The van der Waals surface area contributed by atoms with E-state index in [4.69, 9.17) is 4.74 Å². The van der Waals surface area contributed by atoms with Crippen LogP contribution in [0.15, 0.2) is 60.7 Å². The first-order chi connectivity index (χ1) is 15.0. The second-order valence-electron chi connectivity index (χ2n) is 7.33. The molecule has 1 fully saturated rings. The summed E-state index contributed by atoms with van der Waals surface area (Å²) >= 11 is 0. The van der Waals surface area contributed by atoms with Crippen molar-refractivity contribution in [2.45, 2.75) is 12.5 Å². The Labute approximate surface area is 181 Å². The molecule has 1 heterocycles. The highest BCUT2D eigenvalue weighted by atomic mass is 16.5. The number of likely N-dealkylation sites (N-methyl/N-ethyl adjacent to an activating group) is 1. The standard InChI is InChI=1S/C23H24N4O4/c1-26(22(29)16-31-20-10-6-3-7-11-20)15-21(28)27-14-17(12-19(27)13-24)23(30)25-18-8-4-2-5-9-18/h2-11,17,19H,12,14-16H2,1H3,(H,25,30). The molecule has 8 heteroatoms. The zero-order valence-electron chi connectivity index (χ0n) is 17.2. The van der Waals surface area contributed by atoms with E-state index in [9.17, 15) is 19.6 Å². The smallest absolute Gasteiger partial charge is 0.260 e. The van der Waals surface area contributed by atoms with E-state index >= 15 is 0 Å². The van der Waals surface area contributed by atoms with E-state index in [2.05, 4.69) is 11.4 Å². The molecule has 0 saturated carbocycles. The van der Waals surface area contributed by atoms with Crippen LogP contribution in [0.25, 0.3) is 0 Å². The fourth-order valence-electron chi connectivity index (χ4n) is 3.34. The zero-order valence-corrected chi connectivity index (χ0v) is 17.2. The molecule has 0 aromatic heterocycles. The van der Waals surface area contributed by atoms with Gasteiger partial charge in [0.25, 0.3) is 5.91 Å². The van der Waals surface area contributed by atoms with Gasteiger partial charge in [-0.3, -0.25) is 14.4 Å². The number of hydrogen-bond donors (Lipinski definition) is 1. The molecule has 0 aliphatic carbocycles. The Morgan fingerprint density at radius 1 is 1.13 bits per heavy atom. The predicted octanol–water partition coefficient (Wildman–Crippen LogP) is 1.90. The SMILES string of the molecule is CN(CC(=O)N1CC(C(=O)Nc2ccccc2)CC1C#N)C(=O)COc1ccccc1. The first-order valence-corrected chi connectivity index (χ1v) is 9.94. The normalized spacial score (nSPS) is 17.5. The lowest BCUT2D eigenvalue weighted by atomic mass is 10.1. The van der Waals surface area contributed by atoms with Gasteiger partial charge in [-0.05, 0) is 30.7 Å². The monoisotopic (exact) mass is 420 g/mol. The number of amides is 3. The molecule has 0 radical (unpaired) electrons. The van der Waals surface area contributed by atoms with Crippen LogP contribution in [0.1, 0.15) is 6.42 Å². The summed E-state index contributed by atoms with van der Waals surface area (Å²) in [5.74, 6) is -0.897. The van der Waals surface area contributed by atoms with Crippen molar-refractivity contribution in [1.29, 1.82) is 5.26 Å². The second-order valence-corrected chi connectivity index (χ2v) is 7.33. The fourth-order valence-corrected chi connectivity index (χ4v) is 3.34. The number of nitrogens with zero attached hydrogens (tertiary/aromatic N) is 3. The number of rotatable bonds is 7. The van der Waals surface area contributed by atoms with Crippen molar-refractivity contribution in [2.24, 2.45) is 5.92 Å². The number of carbonyl (C=O) groups is 3. The molecule has 160 valence electrons. The summed E-state index contributed by atoms with van der Waals surface area (Å²) in [4.78, 5) is 40.2. The van der Waals surface area contributed by atoms with E-state index in [0.29, 0.717) is 11.4 Å². The summed E-state index contributed by atoms with van der Waals surface area (Å²) in [6, 6.07) is 19.3. The lowest BCUT2D eigenvalue weighted by Gasteiger charge is -2.23. The minimum absolute atomic E-state index is 0.137. The van der Waals surface area contributed by atoms with Gasteiger partial charge < -0.3 is 19.9 Å². The molecular formula is C23H24N4O4. The van der Waals surface area contributed by atoms with Crippen molar-refractivity contribution in [3.05, 3.63) is 60.7 Å². The maximum Gasteiger partial charge on any atom is 0.260 e. The largest absolute Gasteiger partial charge is 0.484 e. The Morgan fingerprint density at radius 3 is 2.42 bits per heavy atom. The molecule has 1 aliphatic rings. The number of nitrogens with one attached hydrogen (secondary N) is 1. The highest BCUT2D eigenvalue weighted by molar-refractivity contribution is 5.94. The van der Waals surface area contributed by atoms with E-state index in [1.165, 1.54) is 16.8 Å². The number of anilines is 1. The molecule has 3 rings (SSSR count). The third kappa shape index (κ3) is 5.82. The number of nitriles is 1. The third-order valence-electron chi connectivity index (χ3n) is 5.09. The van der Waals surface area contributed by atoms with Crippen LogP contribution in [0.3, 0.4) is 0 Å². The Morgan fingerprint density at radius 2 is 1.77 bits per heavy atom. The van der Waals surface area contributed by atoms with Gasteiger partial charge in [-0.2, -0.15) is 5.26 Å². The van der Waals surface area contributed by atoms with E-state index in [-0.39, 0.29) is 43.8 Å². The molecule has 3 amide bonds. The summed E-state index contributed by atoms with van der Waals surface area (Å²) in [7, 11) is 1.51. The van der Waals surface area contributed by atoms with Gasteiger partial charge in [-0.15, -0.1) is 0 Å². The number of likely N-dealkylation sites (tertiary alicyclic amines) is 1. The summed E-state index contributed by atoms with van der Waals surface area (Å²) in [5, 5.41) is 12.3. The van der Waals surface area contributed by atoms with Crippen molar-refractivity contribution in [3.8, 4) is 11.8 Å². The maximum absolute atomic E-state index is 12.7. The molecule has 2 aromatic rings. The number of benzene rings is 2. The van der Waals surface area contributed by atoms with Crippen LogP contribution in [0.4, 0.5) is 5.69 Å².